The zero-order valence-electron chi connectivity index (χ0n) is 11.7. The number of hydrogen-bond donors (Lipinski definition) is 3. The maximum absolute atomic E-state index is 12.0. The first-order chi connectivity index (χ1) is 10.2. The summed E-state index contributed by atoms with van der Waals surface area (Å²) in [4.78, 5) is 12.0. The van der Waals surface area contributed by atoms with Crippen LogP contribution in [-0.2, 0) is 4.74 Å². The second-order valence-corrected chi connectivity index (χ2v) is 4.85. The number of benzene rings is 1. The summed E-state index contributed by atoms with van der Waals surface area (Å²) in [5, 5.41) is 10.8. The smallest absolute Gasteiger partial charge is 0.345 e. The Labute approximate surface area is 122 Å². The van der Waals surface area contributed by atoms with Crippen molar-refractivity contribution in [2.45, 2.75) is 6.04 Å². The van der Waals surface area contributed by atoms with Crippen LogP contribution in [0.4, 0.5) is 11.6 Å². The van der Waals surface area contributed by atoms with Gasteiger partial charge in [-0.25, -0.2) is 9.48 Å². The minimum absolute atomic E-state index is 0.243. The predicted molar refractivity (Wildman–Crippen MR) is 79.6 cm³/mol. The molecule has 7 nitrogen and oxygen atoms in total. The lowest BCUT2D eigenvalue weighted by atomic mass is 10.1. The summed E-state index contributed by atoms with van der Waals surface area (Å²) in [7, 11) is 1.33. The van der Waals surface area contributed by atoms with Gasteiger partial charge in [0.1, 0.15) is 11.4 Å². The summed E-state index contributed by atoms with van der Waals surface area (Å²) < 4.78 is 6.35. The molecule has 2 aromatic rings. The number of para-hydroxylation sites is 1. The van der Waals surface area contributed by atoms with Crippen molar-refractivity contribution in [3.05, 3.63) is 35.9 Å². The summed E-state index contributed by atoms with van der Waals surface area (Å²) in [6.45, 7) is 1.66. The van der Waals surface area contributed by atoms with Gasteiger partial charge in [0.15, 0.2) is 5.82 Å². The molecule has 4 N–H and O–H groups in total. The largest absolute Gasteiger partial charge is 0.465 e. The lowest BCUT2D eigenvalue weighted by Crippen LogP contribution is -2.51. The molecule has 1 aliphatic rings. The van der Waals surface area contributed by atoms with E-state index in [9.17, 15) is 4.79 Å². The van der Waals surface area contributed by atoms with E-state index in [1.807, 2.05) is 30.3 Å². The number of hydrogen-bond acceptors (Lipinski definition) is 6. The fourth-order valence-corrected chi connectivity index (χ4v) is 2.19. The van der Waals surface area contributed by atoms with Crippen LogP contribution >= 0.6 is 0 Å². The Morgan fingerprint density at radius 1 is 1.43 bits per heavy atom. The van der Waals surface area contributed by atoms with Crippen molar-refractivity contribution in [3.63, 3.8) is 0 Å². The number of esters is 1. The fourth-order valence-electron chi connectivity index (χ4n) is 2.19. The Kier molecular flexibility index (Phi) is 3.49. The molecule has 0 atom stereocenters. The molecule has 1 saturated heterocycles. The second kappa shape index (κ2) is 5.45. The van der Waals surface area contributed by atoms with Crippen molar-refractivity contribution in [2.75, 3.05) is 31.2 Å². The van der Waals surface area contributed by atoms with E-state index in [0.29, 0.717) is 5.82 Å². The van der Waals surface area contributed by atoms with E-state index >= 15 is 0 Å². The van der Waals surface area contributed by atoms with Crippen molar-refractivity contribution >= 4 is 17.6 Å². The van der Waals surface area contributed by atoms with Gasteiger partial charge in [-0.3, -0.25) is 0 Å². The van der Waals surface area contributed by atoms with E-state index in [1.165, 1.54) is 7.11 Å². The Bertz CT molecular complexity index is 649. The molecular formula is C14H17N5O2. The molecule has 3 rings (SSSR count). The van der Waals surface area contributed by atoms with Crippen LogP contribution in [0, 0.1) is 0 Å². The molecule has 0 unspecified atom stereocenters. The topological polar surface area (TPSA) is 94.2 Å². The monoisotopic (exact) mass is 287 g/mol. The summed E-state index contributed by atoms with van der Waals surface area (Å²) in [5.41, 5.74) is 7.15. The van der Waals surface area contributed by atoms with E-state index in [0.717, 1.165) is 18.8 Å². The molecule has 1 fully saturated rings. The van der Waals surface area contributed by atoms with Crippen molar-refractivity contribution in [1.82, 2.24) is 15.1 Å². The maximum atomic E-state index is 12.0. The Morgan fingerprint density at radius 2 is 2.14 bits per heavy atom. The maximum Gasteiger partial charge on any atom is 0.345 e. The molecule has 0 aliphatic carbocycles. The van der Waals surface area contributed by atoms with Crippen LogP contribution in [0.2, 0.25) is 0 Å². The molecule has 7 heteroatoms. The standard InChI is InChI=1S/C14H17N5O2/c1-21-14(20)11-12(15)19(10-5-3-2-4-6-10)18-13(11)17-9-7-16-8-9/h2-6,9,16H,7-8,15H2,1H3,(H,17,18). The van der Waals surface area contributed by atoms with Crippen LogP contribution in [-0.4, -0.2) is 42.0 Å². The van der Waals surface area contributed by atoms with Crippen molar-refractivity contribution in [3.8, 4) is 5.69 Å². The van der Waals surface area contributed by atoms with Crippen LogP contribution < -0.4 is 16.4 Å². The number of nitrogens with two attached hydrogens (primary N) is 1. The number of carbonyl (C=O) groups excluding carboxylic acids is 1. The first-order valence-electron chi connectivity index (χ1n) is 6.70. The van der Waals surface area contributed by atoms with Gasteiger partial charge in [-0.15, -0.1) is 5.10 Å². The average Bonchev–Trinajstić information content (AvgIpc) is 2.80. The summed E-state index contributed by atoms with van der Waals surface area (Å²) >= 11 is 0. The molecule has 2 heterocycles. The minimum atomic E-state index is -0.496. The molecule has 110 valence electrons. The molecule has 21 heavy (non-hydrogen) atoms. The first kappa shape index (κ1) is 13.4. The lowest BCUT2D eigenvalue weighted by molar-refractivity contribution is 0.0603. The van der Waals surface area contributed by atoms with Gasteiger partial charge in [-0.1, -0.05) is 18.2 Å². The highest BCUT2D eigenvalue weighted by Gasteiger charge is 2.27. The van der Waals surface area contributed by atoms with E-state index < -0.39 is 5.97 Å². The van der Waals surface area contributed by atoms with Crippen molar-refractivity contribution in [2.24, 2.45) is 0 Å². The average molecular weight is 287 g/mol. The molecule has 0 saturated carbocycles. The minimum Gasteiger partial charge on any atom is -0.465 e. The molecular weight excluding hydrogens is 270 g/mol. The number of ether oxygens (including phenoxy) is 1. The van der Waals surface area contributed by atoms with Crippen LogP contribution in [0.25, 0.3) is 5.69 Å². The first-order valence-corrected chi connectivity index (χ1v) is 6.70. The van der Waals surface area contributed by atoms with Crippen molar-refractivity contribution < 1.29 is 9.53 Å². The number of nitrogens with one attached hydrogen (secondary N) is 2. The highest BCUT2D eigenvalue weighted by atomic mass is 16.5. The SMILES string of the molecule is COC(=O)c1c(NC2CNC2)nn(-c2ccccc2)c1N. The van der Waals surface area contributed by atoms with Crippen LogP contribution in [0.5, 0.6) is 0 Å². The zero-order valence-corrected chi connectivity index (χ0v) is 11.7. The van der Waals surface area contributed by atoms with Gasteiger partial charge in [0.2, 0.25) is 0 Å². The van der Waals surface area contributed by atoms with Gasteiger partial charge in [0.05, 0.1) is 18.8 Å². The second-order valence-electron chi connectivity index (χ2n) is 4.85. The normalized spacial score (nSPS) is 14.5. The number of rotatable bonds is 4. The van der Waals surface area contributed by atoms with Crippen LogP contribution in [0.15, 0.2) is 30.3 Å². The summed E-state index contributed by atoms with van der Waals surface area (Å²) in [6.07, 6.45) is 0. The third-order valence-electron chi connectivity index (χ3n) is 3.43. The van der Waals surface area contributed by atoms with Gasteiger partial charge < -0.3 is 21.1 Å². The summed E-state index contributed by atoms with van der Waals surface area (Å²) in [6, 6.07) is 9.67. The fraction of sp³-hybridized carbons (Fsp3) is 0.286. The van der Waals surface area contributed by atoms with Crippen LogP contribution in [0.1, 0.15) is 10.4 Å². The number of nitrogens with zero attached hydrogens (tertiary/aromatic N) is 2. The quantitative estimate of drug-likeness (QED) is 0.714. The third kappa shape index (κ3) is 2.43. The number of aromatic nitrogens is 2. The number of methoxy groups -OCH3 is 1. The zero-order chi connectivity index (χ0) is 14.8. The highest BCUT2D eigenvalue weighted by Crippen LogP contribution is 2.26. The Hall–Kier alpha value is -2.54. The predicted octanol–water partition coefficient (Wildman–Crippen LogP) is 0.625. The lowest BCUT2D eigenvalue weighted by Gasteiger charge is -2.28. The van der Waals surface area contributed by atoms with Gasteiger partial charge in [-0.2, -0.15) is 0 Å². The molecule has 0 amide bonds. The molecule has 1 aromatic carbocycles. The van der Waals surface area contributed by atoms with Gasteiger partial charge in [0.25, 0.3) is 0 Å². The molecule has 1 aromatic heterocycles. The molecule has 0 radical (unpaired) electrons. The number of nitrogen functional groups attached to an aromatic ring is 1. The van der Waals surface area contributed by atoms with E-state index in [2.05, 4.69) is 15.7 Å². The number of carbonyl (C=O) groups is 1. The summed E-state index contributed by atoms with van der Waals surface area (Å²) in [5.74, 6) is 0.224. The van der Waals surface area contributed by atoms with Gasteiger partial charge in [0, 0.05) is 13.1 Å². The third-order valence-corrected chi connectivity index (χ3v) is 3.43. The molecule has 1 aliphatic heterocycles. The van der Waals surface area contributed by atoms with Gasteiger partial charge in [-0.05, 0) is 12.1 Å². The molecule has 0 bridgehead atoms. The van der Waals surface area contributed by atoms with E-state index in [1.54, 1.807) is 4.68 Å². The Morgan fingerprint density at radius 3 is 2.71 bits per heavy atom. The van der Waals surface area contributed by atoms with E-state index in [-0.39, 0.29) is 17.4 Å². The van der Waals surface area contributed by atoms with E-state index in [4.69, 9.17) is 10.5 Å². The Balaban J connectivity index is 2.03. The molecule has 0 spiro atoms. The highest BCUT2D eigenvalue weighted by molar-refractivity contribution is 6.00. The van der Waals surface area contributed by atoms with Crippen molar-refractivity contribution in [1.29, 1.82) is 0 Å². The van der Waals surface area contributed by atoms with Crippen LogP contribution in [0.3, 0.4) is 0 Å². The number of anilines is 2. The van der Waals surface area contributed by atoms with Gasteiger partial charge >= 0.3 is 5.97 Å².